The van der Waals surface area contributed by atoms with Gasteiger partial charge < -0.3 is 14.6 Å². The molecule has 1 N–H and O–H groups in total. The van der Waals surface area contributed by atoms with Crippen molar-refractivity contribution in [2.45, 2.75) is 33.9 Å². The van der Waals surface area contributed by atoms with E-state index in [2.05, 4.69) is 46.3 Å². The summed E-state index contributed by atoms with van der Waals surface area (Å²) in [7, 11) is 0. The van der Waals surface area contributed by atoms with Gasteiger partial charge in [0.05, 0.1) is 5.69 Å². The number of aryl methyl sites for hydroxylation is 1. The van der Waals surface area contributed by atoms with Gasteiger partial charge in [-0.25, -0.2) is 0 Å². The molecule has 0 atom stereocenters. The molecule has 5 heteroatoms. The maximum atomic E-state index is 5.85. The van der Waals surface area contributed by atoms with Gasteiger partial charge >= 0.3 is 0 Å². The van der Waals surface area contributed by atoms with Crippen LogP contribution in [0, 0.1) is 12.8 Å². The van der Waals surface area contributed by atoms with E-state index in [1.54, 1.807) is 0 Å². The molecule has 0 spiro atoms. The van der Waals surface area contributed by atoms with Crippen LogP contribution in [0.5, 0.6) is 5.75 Å². The van der Waals surface area contributed by atoms with Crippen LogP contribution in [0.2, 0.25) is 0 Å². The second-order valence-corrected chi connectivity index (χ2v) is 6.42. The smallest absolute Gasteiger partial charge is 0.174 e. The van der Waals surface area contributed by atoms with Gasteiger partial charge in [0.15, 0.2) is 5.76 Å². The molecule has 0 aliphatic carbocycles. The lowest BCUT2D eigenvalue weighted by Crippen LogP contribution is -2.19. The van der Waals surface area contributed by atoms with Crippen molar-refractivity contribution >= 4 is 15.9 Å². The Morgan fingerprint density at radius 3 is 2.81 bits per heavy atom. The van der Waals surface area contributed by atoms with Crippen LogP contribution in [0.25, 0.3) is 0 Å². The van der Waals surface area contributed by atoms with Crippen LogP contribution in [0.1, 0.15) is 30.9 Å². The second kappa shape index (κ2) is 7.61. The Balaban J connectivity index is 2.00. The predicted molar refractivity (Wildman–Crippen MR) is 86.3 cm³/mol. The first-order valence-electron chi connectivity index (χ1n) is 7.08. The summed E-state index contributed by atoms with van der Waals surface area (Å²) in [5, 5.41) is 7.29. The molecule has 4 nitrogen and oxygen atoms in total. The van der Waals surface area contributed by atoms with Gasteiger partial charge in [0.25, 0.3) is 0 Å². The molecule has 0 saturated carbocycles. The lowest BCUT2D eigenvalue weighted by Gasteiger charge is -2.13. The lowest BCUT2D eigenvalue weighted by molar-refractivity contribution is 0.246. The zero-order valence-electron chi connectivity index (χ0n) is 12.6. The Hall–Kier alpha value is -1.33. The number of rotatable bonds is 7. The number of ether oxygens (including phenoxy) is 1. The number of benzene rings is 1. The van der Waals surface area contributed by atoms with Gasteiger partial charge in [0.2, 0.25) is 0 Å². The molecule has 2 aromatic rings. The summed E-state index contributed by atoms with van der Waals surface area (Å²) in [4.78, 5) is 0. The molecule has 1 heterocycles. The van der Waals surface area contributed by atoms with E-state index >= 15 is 0 Å². The monoisotopic (exact) mass is 352 g/mol. The molecule has 0 unspecified atom stereocenters. The van der Waals surface area contributed by atoms with Crippen molar-refractivity contribution in [3.63, 3.8) is 0 Å². The molecule has 0 amide bonds. The minimum Gasteiger partial charge on any atom is -0.485 e. The van der Waals surface area contributed by atoms with Crippen LogP contribution in [0.4, 0.5) is 0 Å². The average molecular weight is 353 g/mol. The molecular weight excluding hydrogens is 332 g/mol. The number of hydrogen-bond donors (Lipinski definition) is 1. The average Bonchev–Trinajstić information content (AvgIpc) is 2.83. The van der Waals surface area contributed by atoms with E-state index in [-0.39, 0.29) is 0 Å². The topological polar surface area (TPSA) is 47.3 Å². The first kappa shape index (κ1) is 16.0. The van der Waals surface area contributed by atoms with Crippen molar-refractivity contribution in [2.24, 2.45) is 5.92 Å². The summed E-state index contributed by atoms with van der Waals surface area (Å²) >= 11 is 3.50. The number of aromatic nitrogens is 1. The van der Waals surface area contributed by atoms with Gasteiger partial charge in [0, 0.05) is 22.6 Å². The molecule has 1 aromatic heterocycles. The maximum absolute atomic E-state index is 5.85. The zero-order chi connectivity index (χ0) is 15.2. The van der Waals surface area contributed by atoms with Crippen LogP contribution in [-0.4, -0.2) is 11.7 Å². The number of nitrogens with one attached hydrogen (secondary N) is 1. The van der Waals surface area contributed by atoms with Crippen molar-refractivity contribution in [1.82, 2.24) is 10.5 Å². The van der Waals surface area contributed by atoms with Gasteiger partial charge in [-0.2, -0.15) is 0 Å². The first-order valence-corrected chi connectivity index (χ1v) is 7.88. The lowest BCUT2D eigenvalue weighted by atomic mass is 10.2. The molecule has 2 rings (SSSR count). The zero-order valence-corrected chi connectivity index (χ0v) is 14.2. The predicted octanol–water partition coefficient (Wildman–Crippen LogP) is 4.07. The fraction of sp³-hybridized carbons (Fsp3) is 0.438. The standard InChI is InChI=1S/C16H21BrN2O2/c1-11(2)8-18-9-13-7-14(17)4-5-16(13)20-10-15-6-12(3)19-21-15/h4-7,11,18H,8-10H2,1-3H3. The van der Waals surface area contributed by atoms with E-state index < -0.39 is 0 Å². The maximum Gasteiger partial charge on any atom is 0.174 e. The fourth-order valence-corrected chi connectivity index (χ4v) is 2.36. The SMILES string of the molecule is Cc1cc(COc2ccc(Br)cc2CNCC(C)C)on1. The van der Waals surface area contributed by atoms with E-state index in [4.69, 9.17) is 9.26 Å². The number of halogens is 1. The van der Waals surface area contributed by atoms with E-state index in [1.165, 1.54) is 0 Å². The summed E-state index contributed by atoms with van der Waals surface area (Å²) in [6, 6.07) is 7.91. The third-order valence-corrected chi connectivity index (χ3v) is 3.43. The fourth-order valence-electron chi connectivity index (χ4n) is 1.96. The van der Waals surface area contributed by atoms with Crippen molar-refractivity contribution in [3.8, 4) is 5.75 Å². The summed E-state index contributed by atoms with van der Waals surface area (Å²) in [5.74, 6) is 2.22. The van der Waals surface area contributed by atoms with Gasteiger partial charge in [-0.15, -0.1) is 0 Å². The molecular formula is C16H21BrN2O2. The van der Waals surface area contributed by atoms with Crippen molar-refractivity contribution in [3.05, 3.63) is 45.8 Å². The number of hydrogen-bond acceptors (Lipinski definition) is 4. The molecule has 0 radical (unpaired) electrons. The molecule has 0 aliphatic rings. The van der Waals surface area contributed by atoms with Crippen molar-refractivity contribution in [1.29, 1.82) is 0 Å². The Morgan fingerprint density at radius 1 is 1.33 bits per heavy atom. The third kappa shape index (κ3) is 5.17. The van der Waals surface area contributed by atoms with E-state index in [1.807, 2.05) is 25.1 Å². The molecule has 21 heavy (non-hydrogen) atoms. The normalized spacial score (nSPS) is 11.1. The van der Waals surface area contributed by atoms with Crippen molar-refractivity contribution < 1.29 is 9.26 Å². The Labute approximate surface area is 134 Å². The number of nitrogens with zero attached hydrogens (tertiary/aromatic N) is 1. The van der Waals surface area contributed by atoms with Crippen LogP contribution in [-0.2, 0) is 13.2 Å². The highest BCUT2D eigenvalue weighted by atomic mass is 79.9. The molecule has 114 valence electrons. The summed E-state index contributed by atoms with van der Waals surface area (Å²) < 4.78 is 12.1. The summed E-state index contributed by atoms with van der Waals surface area (Å²) in [6.45, 7) is 8.43. The summed E-state index contributed by atoms with van der Waals surface area (Å²) in [6.07, 6.45) is 0. The molecule has 0 bridgehead atoms. The highest BCUT2D eigenvalue weighted by Gasteiger charge is 2.07. The van der Waals surface area contributed by atoms with E-state index in [0.717, 1.165) is 40.3 Å². The second-order valence-electron chi connectivity index (χ2n) is 5.50. The largest absolute Gasteiger partial charge is 0.485 e. The van der Waals surface area contributed by atoms with Crippen LogP contribution in [0.3, 0.4) is 0 Å². The molecule has 0 fully saturated rings. The minimum absolute atomic E-state index is 0.389. The Bertz CT molecular complexity index is 581. The highest BCUT2D eigenvalue weighted by molar-refractivity contribution is 9.10. The van der Waals surface area contributed by atoms with Crippen molar-refractivity contribution in [2.75, 3.05) is 6.54 Å². The first-order chi connectivity index (χ1) is 10.0. The quantitative estimate of drug-likeness (QED) is 0.815. The van der Waals surface area contributed by atoms with Crippen LogP contribution >= 0.6 is 15.9 Å². The minimum atomic E-state index is 0.389. The van der Waals surface area contributed by atoms with Crippen LogP contribution < -0.4 is 10.1 Å². The van der Waals surface area contributed by atoms with Gasteiger partial charge in [0.1, 0.15) is 12.4 Å². The van der Waals surface area contributed by atoms with Gasteiger partial charge in [-0.05, 0) is 37.6 Å². The van der Waals surface area contributed by atoms with E-state index in [0.29, 0.717) is 12.5 Å². The van der Waals surface area contributed by atoms with Gasteiger partial charge in [-0.1, -0.05) is 34.9 Å². The summed E-state index contributed by atoms with van der Waals surface area (Å²) in [5.41, 5.74) is 1.99. The Morgan fingerprint density at radius 2 is 2.14 bits per heavy atom. The molecule has 0 aliphatic heterocycles. The highest BCUT2D eigenvalue weighted by Crippen LogP contribution is 2.24. The van der Waals surface area contributed by atoms with Gasteiger partial charge in [-0.3, -0.25) is 0 Å². The molecule has 0 saturated heterocycles. The Kier molecular flexibility index (Phi) is 5.82. The van der Waals surface area contributed by atoms with Crippen LogP contribution in [0.15, 0.2) is 33.3 Å². The molecule has 1 aromatic carbocycles. The third-order valence-electron chi connectivity index (χ3n) is 2.94. The van der Waals surface area contributed by atoms with E-state index in [9.17, 15) is 0 Å².